The zero-order valence-electron chi connectivity index (χ0n) is 13.3. The molecule has 2 aromatic heterocycles. The molecule has 0 saturated heterocycles. The van der Waals surface area contributed by atoms with E-state index in [0.717, 1.165) is 27.6 Å². The van der Waals surface area contributed by atoms with Crippen molar-refractivity contribution in [1.29, 1.82) is 0 Å². The van der Waals surface area contributed by atoms with Gasteiger partial charge in [0.2, 0.25) is 0 Å². The van der Waals surface area contributed by atoms with Crippen molar-refractivity contribution in [3.63, 3.8) is 0 Å². The normalized spacial score (nSPS) is 11.2. The Labute approximate surface area is 143 Å². The van der Waals surface area contributed by atoms with Crippen LogP contribution in [0.2, 0.25) is 0 Å². The highest BCUT2D eigenvalue weighted by Gasteiger charge is 2.16. The molecule has 0 amide bonds. The molecule has 0 aliphatic carbocycles. The lowest BCUT2D eigenvalue weighted by atomic mass is 10.00. The van der Waals surface area contributed by atoms with Gasteiger partial charge in [0.1, 0.15) is 0 Å². The Bertz CT molecular complexity index is 1110. The van der Waals surface area contributed by atoms with Crippen LogP contribution in [0.25, 0.3) is 32.2 Å². The van der Waals surface area contributed by atoms with Crippen molar-refractivity contribution in [2.24, 2.45) is 0 Å². The second-order valence-corrected chi connectivity index (χ2v) is 6.89. The lowest BCUT2D eigenvalue weighted by Gasteiger charge is -2.10. The maximum Gasteiger partial charge on any atom is 0.336 e. The van der Waals surface area contributed by atoms with Gasteiger partial charge in [0, 0.05) is 26.4 Å². The number of aromatic carboxylic acids is 1. The number of carbonyl (C=O) groups is 1. The third kappa shape index (κ3) is 2.27. The number of hydrogen-bond donors (Lipinski definition) is 1. The molecule has 4 heteroatoms. The molecule has 0 aliphatic heterocycles. The summed E-state index contributed by atoms with van der Waals surface area (Å²) in [5.74, 6) is -0.923. The zero-order valence-corrected chi connectivity index (χ0v) is 14.1. The van der Waals surface area contributed by atoms with Crippen LogP contribution in [0.1, 0.15) is 21.5 Å². The molecule has 24 heavy (non-hydrogen) atoms. The first kappa shape index (κ1) is 14.8. The van der Waals surface area contributed by atoms with E-state index in [2.05, 4.69) is 12.1 Å². The fourth-order valence-electron chi connectivity index (χ4n) is 3.17. The van der Waals surface area contributed by atoms with Gasteiger partial charge in [-0.3, -0.25) is 0 Å². The van der Waals surface area contributed by atoms with E-state index >= 15 is 0 Å². The highest BCUT2D eigenvalue weighted by molar-refractivity contribution is 7.17. The number of nitrogens with zero attached hydrogens (tertiary/aromatic N) is 1. The smallest absolute Gasteiger partial charge is 0.336 e. The molecule has 0 aliphatic rings. The second kappa shape index (κ2) is 5.42. The number of hydrogen-bond acceptors (Lipinski definition) is 3. The molecule has 0 bridgehead atoms. The zero-order chi connectivity index (χ0) is 16.8. The number of thiophene rings is 1. The first-order chi connectivity index (χ1) is 11.5. The van der Waals surface area contributed by atoms with Crippen LogP contribution in [0.4, 0.5) is 0 Å². The van der Waals surface area contributed by atoms with Crippen molar-refractivity contribution in [3.8, 4) is 11.3 Å². The molecule has 1 N–H and O–H groups in total. The van der Waals surface area contributed by atoms with E-state index in [4.69, 9.17) is 4.98 Å². The minimum Gasteiger partial charge on any atom is -0.478 e. The van der Waals surface area contributed by atoms with Gasteiger partial charge >= 0.3 is 5.97 Å². The maximum absolute atomic E-state index is 11.8. The van der Waals surface area contributed by atoms with Gasteiger partial charge in [-0.05, 0) is 37.6 Å². The number of fused-ring (bicyclic) bond motifs is 2. The minimum atomic E-state index is -0.923. The van der Waals surface area contributed by atoms with E-state index in [9.17, 15) is 9.90 Å². The summed E-state index contributed by atoms with van der Waals surface area (Å²) in [7, 11) is 0. The van der Waals surface area contributed by atoms with Crippen LogP contribution in [0, 0.1) is 13.8 Å². The molecule has 0 unspecified atom stereocenters. The molecule has 2 heterocycles. The Balaban J connectivity index is 2.08. The summed E-state index contributed by atoms with van der Waals surface area (Å²) in [5, 5.41) is 13.5. The molecular weight excluding hydrogens is 318 g/mol. The van der Waals surface area contributed by atoms with Gasteiger partial charge < -0.3 is 5.11 Å². The molecule has 0 fully saturated rings. The molecule has 0 atom stereocenters. The topological polar surface area (TPSA) is 50.2 Å². The number of aromatic nitrogens is 1. The van der Waals surface area contributed by atoms with Crippen molar-refractivity contribution < 1.29 is 9.90 Å². The molecular formula is C20H15NO2S. The molecule has 0 saturated carbocycles. The Morgan fingerprint density at radius 2 is 1.88 bits per heavy atom. The molecule has 3 nitrogen and oxygen atoms in total. The van der Waals surface area contributed by atoms with Gasteiger partial charge in [0.05, 0.1) is 16.8 Å². The third-order valence-electron chi connectivity index (χ3n) is 4.24. The standard InChI is InChI=1S/C20H15NO2S/c1-11-7-12(2)19-14(8-11)15(20(22)23)9-17(21-19)16-10-24-18-6-4-3-5-13(16)18/h3-10H,1-2H3,(H,22,23). The van der Waals surface area contributed by atoms with Crippen LogP contribution in [0.3, 0.4) is 0 Å². The number of pyridine rings is 1. The van der Waals surface area contributed by atoms with Crippen LogP contribution >= 0.6 is 11.3 Å². The van der Waals surface area contributed by atoms with E-state index in [1.165, 1.54) is 4.70 Å². The molecule has 4 aromatic rings. The summed E-state index contributed by atoms with van der Waals surface area (Å²) < 4.78 is 1.17. The Hall–Kier alpha value is -2.72. The Morgan fingerprint density at radius 3 is 2.67 bits per heavy atom. The van der Waals surface area contributed by atoms with Crippen LogP contribution < -0.4 is 0 Å². The van der Waals surface area contributed by atoms with Crippen molar-refractivity contribution in [2.45, 2.75) is 13.8 Å². The average Bonchev–Trinajstić information content (AvgIpc) is 2.98. The number of carboxylic acid groups (broad SMARTS) is 1. The highest BCUT2D eigenvalue weighted by Crippen LogP contribution is 2.35. The fourth-order valence-corrected chi connectivity index (χ4v) is 4.13. The van der Waals surface area contributed by atoms with E-state index in [1.54, 1.807) is 17.4 Å². The molecule has 2 aromatic carbocycles. The van der Waals surface area contributed by atoms with Crippen molar-refractivity contribution in [1.82, 2.24) is 4.98 Å². The van der Waals surface area contributed by atoms with Gasteiger partial charge in [0.15, 0.2) is 0 Å². The van der Waals surface area contributed by atoms with Crippen LogP contribution in [0.15, 0.2) is 47.8 Å². The Morgan fingerprint density at radius 1 is 1.08 bits per heavy atom. The highest BCUT2D eigenvalue weighted by atomic mass is 32.1. The Kier molecular flexibility index (Phi) is 3.36. The summed E-state index contributed by atoms with van der Waals surface area (Å²) in [6, 6.07) is 13.7. The van der Waals surface area contributed by atoms with E-state index in [0.29, 0.717) is 16.6 Å². The van der Waals surface area contributed by atoms with Crippen LogP contribution in [-0.2, 0) is 0 Å². The number of rotatable bonds is 2. The second-order valence-electron chi connectivity index (χ2n) is 5.98. The van der Waals surface area contributed by atoms with E-state index < -0.39 is 5.97 Å². The molecule has 4 rings (SSSR count). The van der Waals surface area contributed by atoms with Gasteiger partial charge in [-0.1, -0.05) is 29.8 Å². The van der Waals surface area contributed by atoms with E-state index in [1.807, 2.05) is 43.5 Å². The SMILES string of the molecule is Cc1cc(C)c2nc(-c3csc4ccccc34)cc(C(=O)O)c2c1. The molecule has 0 spiro atoms. The molecule has 0 radical (unpaired) electrons. The monoisotopic (exact) mass is 333 g/mol. The van der Waals surface area contributed by atoms with Gasteiger partial charge in [-0.25, -0.2) is 9.78 Å². The minimum absolute atomic E-state index is 0.303. The summed E-state index contributed by atoms with van der Waals surface area (Å²) in [4.78, 5) is 16.6. The lowest BCUT2D eigenvalue weighted by Crippen LogP contribution is -2.01. The fraction of sp³-hybridized carbons (Fsp3) is 0.100. The van der Waals surface area contributed by atoms with Gasteiger partial charge in [-0.15, -0.1) is 11.3 Å². The predicted octanol–water partition coefficient (Wildman–Crippen LogP) is 5.43. The van der Waals surface area contributed by atoms with Crippen molar-refractivity contribution in [3.05, 3.63) is 64.5 Å². The van der Waals surface area contributed by atoms with Gasteiger partial charge in [0.25, 0.3) is 0 Å². The maximum atomic E-state index is 11.8. The van der Waals surface area contributed by atoms with Crippen LogP contribution in [0.5, 0.6) is 0 Å². The summed E-state index contributed by atoms with van der Waals surface area (Å²) >= 11 is 1.65. The predicted molar refractivity (Wildman–Crippen MR) is 99.0 cm³/mol. The van der Waals surface area contributed by atoms with E-state index in [-0.39, 0.29) is 0 Å². The van der Waals surface area contributed by atoms with Crippen molar-refractivity contribution >= 4 is 38.3 Å². The number of carboxylic acids is 1. The van der Waals surface area contributed by atoms with Crippen molar-refractivity contribution in [2.75, 3.05) is 0 Å². The first-order valence-electron chi connectivity index (χ1n) is 7.66. The average molecular weight is 333 g/mol. The summed E-state index contributed by atoms with van der Waals surface area (Å²) in [5.41, 5.74) is 4.79. The lowest BCUT2D eigenvalue weighted by molar-refractivity contribution is 0.0699. The summed E-state index contributed by atoms with van der Waals surface area (Å²) in [6.07, 6.45) is 0. The first-order valence-corrected chi connectivity index (χ1v) is 8.54. The van der Waals surface area contributed by atoms with Crippen LogP contribution in [-0.4, -0.2) is 16.1 Å². The summed E-state index contributed by atoms with van der Waals surface area (Å²) in [6.45, 7) is 3.95. The number of aryl methyl sites for hydroxylation is 2. The number of benzene rings is 2. The quantitative estimate of drug-likeness (QED) is 0.532. The third-order valence-corrected chi connectivity index (χ3v) is 5.20. The van der Waals surface area contributed by atoms with Gasteiger partial charge in [-0.2, -0.15) is 0 Å². The molecule has 118 valence electrons. The largest absolute Gasteiger partial charge is 0.478 e.